The van der Waals surface area contributed by atoms with Crippen molar-refractivity contribution in [2.75, 3.05) is 5.32 Å². The van der Waals surface area contributed by atoms with Crippen LogP contribution in [0.4, 0.5) is 10.1 Å². The van der Waals surface area contributed by atoms with E-state index < -0.39 is 17.1 Å². The highest BCUT2D eigenvalue weighted by molar-refractivity contribution is 6.33. The maximum atomic E-state index is 13.6. The molecule has 0 aromatic heterocycles. The second kappa shape index (κ2) is 5.58. The maximum Gasteiger partial charge on any atom is 0.244 e. The van der Waals surface area contributed by atoms with Crippen molar-refractivity contribution >= 4 is 23.2 Å². The van der Waals surface area contributed by atoms with Gasteiger partial charge in [-0.05, 0) is 25.0 Å². The second-order valence-corrected chi connectivity index (χ2v) is 5.21. The molecule has 0 aliphatic heterocycles. The van der Waals surface area contributed by atoms with Gasteiger partial charge in [-0.15, -0.1) is 0 Å². The molecule has 0 spiro atoms. The molecule has 1 aromatic carbocycles. The predicted octanol–water partition coefficient (Wildman–Crippen LogP) is 3.89. The topological polar surface area (TPSA) is 52.9 Å². The number of carbonyl (C=O) groups excluding carboxylic acids is 1. The Kier molecular flexibility index (Phi) is 4.06. The number of hydrogen-bond acceptors (Lipinski definition) is 2. The third-order valence-corrected chi connectivity index (χ3v) is 3.87. The molecular formula is C14H14ClFN2O. The monoisotopic (exact) mass is 280 g/mol. The molecule has 19 heavy (non-hydrogen) atoms. The summed E-state index contributed by atoms with van der Waals surface area (Å²) in [5.74, 6) is -1.05. The van der Waals surface area contributed by atoms with Gasteiger partial charge in [0.1, 0.15) is 11.2 Å². The number of hydrogen-bond donors (Lipinski definition) is 1. The molecule has 1 amide bonds. The Labute approximate surface area is 116 Å². The molecule has 1 N–H and O–H groups in total. The van der Waals surface area contributed by atoms with Crippen LogP contribution in [0.15, 0.2) is 18.2 Å². The molecule has 1 saturated carbocycles. The van der Waals surface area contributed by atoms with E-state index in [0.29, 0.717) is 12.8 Å². The molecule has 3 nitrogen and oxygen atoms in total. The Bertz CT molecular complexity index is 512. The molecule has 0 bridgehead atoms. The quantitative estimate of drug-likeness (QED) is 0.893. The summed E-state index contributed by atoms with van der Waals surface area (Å²) in [5.41, 5.74) is -1.10. The molecule has 1 aliphatic rings. The number of para-hydroxylation sites is 1. The Balaban J connectivity index is 2.23. The highest BCUT2D eigenvalue weighted by Crippen LogP contribution is 2.37. The molecular weight excluding hydrogens is 267 g/mol. The summed E-state index contributed by atoms with van der Waals surface area (Å²) >= 11 is 5.86. The molecule has 5 heteroatoms. The number of halogens is 2. The van der Waals surface area contributed by atoms with E-state index in [1.54, 1.807) is 0 Å². The zero-order chi connectivity index (χ0) is 13.9. The normalized spacial score (nSPS) is 17.5. The summed E-state index contributed by atoms with van der Waals surface area (Å²) in [7, 11) is 0. The first kappa shape index (κ1) is 13.8. The first-order valence-corrected chi connectivity index (χ1v) is 6.63. The highest BCUT2D eigenvalue weighted by atomic mass is 35.5. The Morgan fingerprint density at radius 1 is 1.37 bits per heavy atom. The van der Waals surface area contributed by atoms with E-state index in [4.69, 9.17) is 11.6 Å². The molecule has 0 saturated heterocycles. The first-order chi connectivity index (χ1) is 9.09. The second-order valence-electron chi connectivity index (χ2n) is 4.81. The van der Waals surface area contributed by atoms with E-state index in [9.17, 15) is 14.4 Å². The molecule has 2 rings (SSSR count). The largest absolute Gasteiger partial charge is 0.321 e. The van der Waals surface area contributed by atoms with Crippen LogP contribution >= 0.6 is 11.6 Å². The van der Waals surface area contributed by atoms with Crippen LogP contribution in [0, 0.1) is 22.6 Å². The zero-order valence-corrected chi connectivity index (χ0v) is 11.1. The van der Waals surface area contributed by atoms with Gasteiger partial charge in [-0.2, -0.15) is 5.26 Å². The highest BCUT2D eigenvalue weighted by Gasteiger charge is 2.40. The average molecular weight is 281 g/mol. The summed E-state index contributed by atoms with van der Waals surface area (Å²) in [6, 6.07) is 6.29. The van der Waals surface area contributed by atoms with Crippen molar-refractivity contribution in [3.8, 4) is 6.07 Å². The van der Waals surface area contributed by atoms with Gasteiger partial charge in [0.15, 0.2) is 0 Å². The number of carbonyl (C=O) groups is 1. The van der Waals surface area contributed by atoms with Crippen molar-refractivity contribution in [2.45, 2.75) is 32.1 Å². The lowest BCUT2D eigenvalue weighted by Gasteiger charge is -2.29. The van der Waals surface area contributed by atoms with Gasteiger partial charge in [-0.25, -0.2) is 4.39 Å². The third kappa shape index (κ3) is 2.71. The number of anilines is 1. The van der Waals surface area contributed by atoms with Gasteiger partial charge in [0.2, 0.25) is 5.91 Å². The molecule has 0 atom stereocenters. The lowest BCUT2D eigenvalue weighted by molar-refractivity contribution is -0.124. The average Bonchev–Trinajstić information content (AvgIpc) is 2.43. The fraction of sp³-hybridized carbons (Fsp3) is 0.429. The predicted molar refractivity (Wildman–Crippen MR) is 71.2 cm³/mol. The molecule has 1 fully saturated rings. The van der Waals surface area contributed by atoms with Crippen molar-refractivity contribution in [1.82, 2.24) is 0 Å². The van der Waals surface area contributed by atoms with Crippen LogP contribution in [0.3, 0.4) is 0 Å². The Hall–Kier alpha value is -1.60. The lowest BCUT2D eigenvalue weighted by Crippen LogP contribution is -2.37. The van der Waals surface area contributed by atoms with Gasteiger partial charge >= 0.3 is 0 Å². The van der Waals surface area contributed by atoms with E-state index in [0.717, 1.165) is 19.3 Å². The summed E-state index contributed by atoms with van der Waals surface area (Å²) < 4.78 is 13.6. The minimum Gasteiger partial charge on any atom is -0.321 e. The van der Waals surface area contributed by atoms with E-state index in [1.807, 2.05) is 0 Å². The smallest absolute Gasteiger partial charge is 0.244 e. The van der Waals surface area contributed by atoms with Crippen molar-refractivity contribution in [1.29, 1.82) is 5.26 Å². The van der Waals surface area contributed by atoms with Crippen LogP contribution in [0.1, 0.15) is 32.1 Å². The van der Waals surface area contributed by atoms with Gasteiger partial charge in [-0.1, -0.05) is 36.9 Å². The number of benzene rings is 1. The molecule has 0 unspecified atom stereocenters. The molecule has 100 valence electrons. The van der Waals surface area contributed by atoms with E-state index in [2.05, 4.69) is 11.4 Å². The Morgan fingerprint density at radius 3 is 2.63 bits per heavy atom. The van der Waals surface area contributed by atoms with Crippen molar-refractivity contribution in [2.24, 2.45) is 5.41 Å². The fourth-order valence-corrected chi connectivity index (χ4v) is 2.61. The number of amides is 1. The van der Waals surface area contributed by atoms with Crippen molar-refractivity contribution < 1.29 is 9.18 Å². The number of nitrogens with zero attached hydrogens (tertiary/aromatic N) is 1. The van der Waals surface area contributed by atoms with E-state index in [-0.39, 0.29) is 10.7 Å². The summed E-state index contributed by atoms with van der Waals surface area (Å²) in [6.45, 7) is 0. The fourth-order valence-electron chi connectivity index (χ4n) is 2.40. The van der Waals surface area contributed by atoms with Crippen molar-refractivity contribution in [3.63, 3.8) is 0 Å². The number of nitrogens with one attached hydrogen (secondary N) is 1. The summed E-state index contributed by atoms with van der Waals surface area (Å²) in [5, 5.41) is 11.9. The standard InChI is InChI=1S/C14H14ClFN2O/c15-10-5-4-6-11(16)12(10)18-13(19)14(9-17)7-2-1-3-8-14/h4-6H,1-3,7-8H2,(H,18,19). The van der Waals surface area contributed by atoms with Gasteiger partial charge in [-0.3, -0.25) is 4.79 Å². The van der Waals surface area contributed by atoms with Crippen LogP contribution < -0.4 is 5.32 Å². The van der Waals surface area contributed by atoms with Gasteiger partial charge in [0, 0.05) is 0 Å². The minimum absolute atomic E-state index is 0.0469. The third-order valence-electron chi connectivity index (χ3n) is 3.56. The lowest BCUT2D eigenvalue weighted by atomic mass is 9.74. The SMILES string of the molecule is N#CC1(C(=O)Nc2c(F)cccc2Cl)CCCCC1. The van der Waals surface area contributed by atoms with Crippen LogP contribution in [-0.4, -0.2) is 5.91 Å². The van der Waals surface area contributed by atoms with Gasteiger partial charge < -0.3 is 5.32 Å². The Morgan fingerprint density at radius 2 is 2.05 bits per heavy atom. The van der Waals surface area contributed by atoms with Crippen molar-refractivity contribution in [3.05, 3.63) is 29.0 Å². The number of rotatable bonds is 2. The van der Waals surface area contributed by atoms with Crippen LogP contribution in [0.5, 0.6) is 0 Å². The molecule has 1 aliphatic carbocycles. The first-order valence-electron chi connectivity index (χ1n) is 6.26. The van der Waals surface area contributed by atoms with Crippen LogP contribution in [0.25, 0.3) is 0 Å². The van der Waals surface area contributed by atoms with E-state index >= 15 is 0 Å². The summed E-state index contributed by atoms with van der Waals surface area (Å²) in [4.78, 5) is 12.3. The zero-order valence-electron chi connectivity index (χ0n) is 10.4. The summed E-state index contributed by atoms with van der Waals surface area (Å²) in [6.07, 6.45) is 3.73. The van der Waals surface area contributed by atoms with Crippen LogP contribution in [-0.2, 0) is 4.79 Å². The molecule has 0 radical (unpaired) electrons. The van der Waals surface area contributed by atoms with Crippen LogP contribution in [0.2, 0.25) is 5.02 Å². The van der Waals surface area contributed by atoms with Gasteiger partial charge in [0.05, 0.1) is 16.8 Å². The van der Waals surface area contributed by atoms with E-state index in [1.165, 1.54) is 18.2 Å². The number of nitriles is 1. The van der Waals surface area contributed by atoms with Gasteiger partial charge in [0.25, 0.3) is 0 Å². The molecule has 0 heterocycles. The minimum atomic E-state index is -1.05. The molecule has 1 aromatic rings. The maximum absolute atomic E-state index is 13.6.